The Labute approximate surface area is 79.2 Å². The molecule has 0 aliphatic rings. The van der Waals surface area contributed by atoms with Crippen molar-refractivity contribution in [3.05, 3.63) is 29.6 Å². The van der Waals surface area contributed by atoms with Crippen molar-refractivity contribution in [1.29, 1.82) is 0 Å². The molecule has 0 saturated carbocycles. The van der Waals surface area contributed by atoms with E-state index in [0.717, 1.165) is 18.2 Å². The fourth-order valence-electron chi connectivity index (χ4n) is 0.909. The maximum absolute atomic E-state index is 12.6. The van der Waals surface area contributed by atoms with Crippen LogP contribution in [-0.2, 0) is 15.7 Å². The molecule has 1 aromatic rings. The zero-order chi connectivity index (χ0) is 10.1. The van der Waals surface area contributed by atoms with E-state index in [1.807, 2.05) is 0 Å². The highest BCUT2D eigenvalue weighted by molar-refractivity contribution is 8.13. The maximum Gasteiger partial charge on any atom is 0.261 e. The Morgan fingerprint density at radius 3 is 2.54 bits per heavy atom. The van der Waals surface area contributed by atoms with Crippen LogP contribution in [0.3, 0.4) is 0 Å². The van der Waals surface area contributed by atoms with E-state index in [1.54, 1.807) is 0 Å². The van der Waals surface area contributed by atoms with Crippen LogP contribution < -0.4 is 0 Å². The van der Waals surface area contributed by atoms with Gasteiger partial charge in [-0.05, 0) is 18.2 Å². The summed E-state index contributed by atoms with van der Waals surface area (Å²) in [6.45, 7) is -0.570. The normalized spacial score (nSPS) is 11.6. The first-order valence-corrected chi connectivity index (χ1v) is 5.60. The van der Waals surface area contributed by atoms with E-state index in [0.29, 0.717) is 0 Å². The zero-order valence-corrected chi connectivity index (χ0v) is 7.94. The molecular formula is C7H6ClFO3S. The Balaban J connectivity index is 3.39. The lowest BCUT2D eigenvalue weighted by molar-refractivity contribution is 0.278. The quantitative estimate of drug-likeness (QED) is 0.770. The monoisotopic (exact) mass is 224 g/mol. The van der Waals surface area contributed by atoms with Gasteiger partial charge in [0.25, 0.3) is 9.05 Å². The Bertz CT molecular complexity index is 416. The summed E-state index contributed by atoms with van der Waals surface area (Å²) < 4.78 is 34.3. The summed E-state index contributed by atoms with van der Waals surface area (Å²) in [6, 6.07) is 2.91. The molecule has 0 fully saturated rings. The van der Waals surface area contributed by atoms with Crippen LogP contribution in [0.4, 0.5) is 4.39 Å². The van der Waals surface area contributed by atoms with E-state index in [2.05, 4.69) is 0 Å². The molecule has 1 aromatic carbocycles. The van der Waals surface area contributed by atoms with Crippen LogP contribution in [0.5, 0.6) is 0 Å². The molecule has 0 amide bonds. The van der Waals surface area contributed by atoms with Crippen LogP contribution in [-0.4, -0.2) is 13.5 Å². The van der Waals surface area contributed by atoms with Crippen molar-refractivity contribution < 1.29 is 17.9 Å². The second kappa shape index (κ2) is 3.61. The van der Waals surface area contributed by atoms with E-state index in [-0.39, 0.29) is 10.5 Å². The summed E-state index contributed by atoms with van der Waals surface area (Å²) >= 11 is 0. The van der Waals surface area contributed by atoms with E-state index < -0.39 is 21.5 Å². The van der Waals surface area contributed by atoms with Gasteiger partial charge in [-0.15, -0.1) is 0 Å². The van der Waals surface area contributed by atoms with Crippen LogP contribution in [0.15, 0.2) is 23.1 Å². The van der Waals surface area contributed by atoms with Crippen molar-refractivity contribution in [3.63, 3.8) is 0 Å². The van der Waals surface area contributed by atoms with Gasteiger partial charge >= 0.3 is 0 Å². The van der Waals surface area contributed by atoms with E-state index in [1.165, 1.54) is 0 Å². The average molecular weight is 225 g/mol. The van der Waals surface area contributed by atoms with Crippen molar-refractivity contribution in [2.75, 3.05) is 0 Å². The third kappa shape index (κ3) is 2.40. The lowest BCUT2D eigenvalue weighted by Gasteiger charge is -2.02. The molecule has 0 bridgehead atoms. The molecule has 72 valence electrons. The first kappa shape index (κ1) is 10.4. The van der Waals surface area contributed by atoms with Crippen LogP contribution in [0.2, 0.25) is 0 Å². The van der Waals surface area contributed by atoms with Crippen molar-refractivity contribution in [2.45, 2.75) is 11.5 Å². The molecule has 6 heteroatoms. The van der Waals surface area contributed by atoms with Crippen molar-refractivity contribution >= 4 is 19.7 Å². The van der Waals surface area contributed by atoms with Crippen LogP contribution in [0.25, 0.3) is 0 Å². The molecule has 0 aliphatic carbocycles. The van der Waals surface area contributed by atoms with Gasteiger partial charge in [-0.2, -0.15) is 0 Å². The lowest BCUT2D eigenvalue weighted by atomic mass is 10.2. The predicted octanol–water partition coefficient (Wildman–Crippen LogP) is 1.25. The minimum absolute atomic E-state index is 0.0463. The Hall–Kier alpha value is -0.650. The van der Waals surface area contributed by atoms with Gasteiger partial charge in [0.15, 0.2) is 0 Å². The van der Waals surface area contributed by atoms with Crippen molar-refractivity contribution in [1.82, 2.24) is 0 Å². The minimum Gasteiger partial charge on any atom is -0.392 e. The Morgan fingerprint density at radius 2 is 2.08 bits per heavy atom. The molecule has 0 spiro atoms. The minimum atomic E-state index is -3.92. The summed E-state index contributed by atoms with van der Waals surface area (Å²) in [7, 11) is 1.12. The summed E-state index contributed by atoms with van der Waals surface area (Å²) in [5, 5.41) is 8.72. The first-order valence-electron chi connectivity index (χ1n) is 3.29. The molecule has 0 heterocycles. The number of aliphatic hydroxyl groups excluding tert-OH is 1. The summed E-state index contributed by atoms with van der Waals surface area (Å²) in [6.07, 6.45) is 0. The Morgan fingerprint density at radius 1 is 1.46 bits per heavy atom. The zero-order valence-electron chi connectivity index (χ0n) is 6.37. The molecule has 0 aliphatic heterocycles. The van der Waals surface area contributed by atoms with Gasteiger partial charge in [-0.25, -0.2) is 12.8 Å². The first-order chi connectivity index (χ1) is 5.95. The fourth-order valence-corrected chi connectivity index (χ4v) is 2.03. The van der Waals surface area contributed by atoms with Crippen LogP contribution in [0.1, 0.15) is 5.56 Å². The number of hydrogen-bond acceptors (Lipinski definition) is 3. The highest BCUT2D eigenvalue weighted by atomic mass is 35.7. The molecule has 0 unspecified atom stereocenters. The number of halogens is 2. The fraction of sp³-hybridized carbons (Fsp3) is 0.143. The molecule has 0 saturated heterocycles. The average Bonchev–Trinajstić information content (AvgIpc) is 2.01. The van der Waals surface area contributed by atoms with Gasteiger partial charge in [-0.1, -0.05) is 0 Å². The lowest BCUT2D eigenvalue weighted by Crippen LogP contribution is -1.98. The summed E-state index contributed by atoms with van der Waals surface area (Å²) in [5.74, 6) is -0.617. The molecule has 0 radical (unpaired) electrons. The smallest absolute Gasteiger partial charge is 0.261 e. The second-order valence-electron chi connectivity index (χ2n) is 2.35. The molecule has 1 N–H and O–H groups in total. The number of rotatable bonds is 2. The predicted molar refractivity (Wildman–Crippen MR) is 45.4 cm³/mol. The van der Waals surface area contributed by atoms with Crippen molar-refractivity contribution in [2.24, 2.45) is 0 Å². The van der Waals surface area contributed by atoms with Gasteiger partial charge in [0.2, 0.25) is 0 Å². The molecule has 13 heavy (non-hydrogen) atoms. The number of hydrogen-bond donors (Lipinski definition) is 1. The molecule has 3 nitrogen and oxygen atoms in total. The standard InChI is InChI=1S/C7H6ClFO3S/c8-13(11,12)7-2-1-6(9)3-5(7)4-10/h1-3,10H,4H2. The van der Waals surface area contributed by atoms with E-state index in [4.69, 9.17) is 15.8 Å². The topological polar surface area (TPSA) is 54.4 Å². The highest BCUT2D eigenvalue weighted by Crippen LogP contribution is 2.20. The molecule has 1 rings (SSSR count). The van der Waals surface area contributed by atoms with E-state index >= 15 is 0 Å². The van der Waals surface area contributed by atoms with Gasteiger partial charge in [-0.3, -0.25) is 0 Å². The van der Waals surface area contributed by atoms with Crippen LogP contribution >= 0.6 is 10.7 Å². The van der Waals surface area contributed by atoms with E-state index in [9.17, 15) is 12.8 Å². The third-order valence-corrected chi connectivity index (χ3v) is 2.88. The largest absolute Gasteiger partial charge is 0.392 e. The Kier molecular flexibility index (Phi) is 2.90. The van der Waals surface area contributed by atoms with Gasteiger partial charge in [0, 0.05) is 16.2 Å². The third-order valence-electron chi connectivity index (χ3n) is 1.46. The summed E-state index contributed by atoms with van der Waals surface area (Å²) in [5.41, 5.74) is -0.0463. The molecule has 0 aromatic heterocycles. The van der Waals surface area contributed by atoms with Gasteiger partial charge < -0.3 is 5.11 Å². The number of aliphatic hydroxyl groups is 1. The van der Waals surface area contributed by atoms with Gasteiger partial charge in [0.1, 0.15) is 5.82 Å². The SMILES string of the molecule is O=S(=O)(Cl)c1ccc(F)cc1CO. The summed E-state index contributed by atoms with van der Waals surface area (Å²) in [4.78, 5) is -0.266. The number of benzene rings is 1. The molecular weight excluding hydrogens is 219 g/mol. The van der Waals surface area contributed by atoms with Gasteiger partial charge in [0.05, 0.1) is 11.5 Å². The van der Waals surface area contributed by atoms with Crippen molar-refractivity contribution in [3.8, 4) is 0 Å². The highest BCUT2D eigenvalue weighted by Gasteiger charge is 2.15. The second-order valence-corrected chi connectivity index (χ2v) is 4.88. The van der Waals surface area contributed by atoms with Crippen LogP contribution in [0, 0.1) is 5.82 Å². The maximum atomic E-state index is 12.6. The molecule has 0 atom stereocenters.